The predicted octanol–water partition coefficient (Wildman–Crippen LogP) is 2.69. The van der Waals surface area contributed by atoms with Crippen LogP contribution in [-0.2, 0) is 0 Å². The van der Waals surface area contributed by atoms with Crippen LogP contribution in [0, 0.1) is 0 Å². The number of hydrogen-bond acceptors (Lipinski definition) is 3. The zero-order valence-corrected chi connectivity index (χ0v) is 9.81. The molecular weight excluding hydrogens is 206 g/mol. The van der Waals surface area contributed by atoms with Crippen molar-refractivity contribution in [3.63, 3.8) is 0 Å². The molecule has 0 aromatic heterocycles. The fraction of sp³-hybridized carbons (Fsp3) is 0.500. The summed E-state index contributed by atoms with van der Waals surface area (Å²) in [6.45, 7) is 3.39. The Bertz CT molecular complexity index is 336. The van der Waals surface area contributed by atoms with Gasteiger partial charge in [-0.2, -0.15) is 0 Å². The Labute approximate surface area is 95.1 Å². The third kappa shape index (κ3) is 2.29. The SMILES string of the molecule is CCC(CO)c1ccc2c(c1)NCCS2. The molecule has 2 nitrogen and oxygen atoms in total. The van der Waals surface area contributed by atoms with Gasteiger partial charge in [-0.05, 0) is 24.1 Å². The van der Waals surface area contributed by atoms with Crippen LogP contribution in [-0.4, -0.2) is 24.0 Å². The van der Waals surface area contributed by atoms with Crippen molar-refractivity contribution >= 4 is 17.4 Å². The highest BCUT2D eigenvalue weighted by Gasteiger charge is 2.13. The number of nitrogens with one attached hydrogen (secondary N) is 1. The Hall–Kier alpha value is -0.670. The maximum Gasteiger partial charge on any atom is 0.0499 e. The van der Waals surface area contributed by atoms with E-state index in [0.717, 1.165) is 18.7 Å². The van der Waals surface area contributed by atoms with E-state index in [4.69, 9.17) is 0 Å². The molecule has 1 aliphatic rings. The van der Waals surface area contributed by atoms with Crippen molar-refractivity contribution in [3.8, 4) is 0 Å². The number of hydrogen-bond donors (Lipinski definition) is 2. The Balaban J connectivity index is 2.27. The van der Waals surface area contributed by atoms with Gasteiger partial charge in [0, 0.05) is 35.4 Å². The molecule has 0 radical (unpaired) electrons. The van der Waals surface area contributed by atoms with Crippen molar-refractivity contribution in [1.29, 1.82) is 0 Å². The second-order valence-electron chi connectivity index (χ2n) is 3.82. The standard InChI is InChI=1S/C12H17NOS/c1-2-9(8-14)10-3-4-12-11(7-10)13-5-6-15-12/h3-4,7,9,13-14H,2,5-6,8H2,1H3. The highest BCUT2D eigenvalue weighted by atomic mass is 32.2. The first-order valence-corrected chi connectivity index (χ1v) is 6.45. The van der Waals surface area contributed by atoms with Crippen LogP contribution in [0.2, 0.25) is 0 Å². The molecule has 1 aromatic rings. The van der Waals surface area contributed by atoms with Crippen molar-refractivity contribution < 1.29 is 5.11 Å². The lowest BCUT2D eigenvalue weighted by Gasteiger charge is -2.20. The summed E-state index contributed by atoms with van der Waals surface area (Å²) in [5.74, 6) is 1.42. The molecule has 15 heavy (non-hydrogen) atoms. The number of fused-ring (bicyclic) bond motifs is 1. The summed E-state index contributed by atoms with van der Waals surface area (Å²) in [5.41, 5.74) is 2.48. The van der Waals surface area contributed by atoms with Gasteiger partial charge < -0.3 is 10.4 Å². The van der Waals surface area contributed by atoms with E-state index in [9.17, 15) is 5.11 Å². The Morgan fingerprint density at radius 1 is 1.53 bits per heavy atom. The fourth-order valence-corrected chi connectivity index (χ4v) is 2.76. The average molecular weight is 223 g/mol. The molecule has 1 unspecified atom stereocenters. The van der Waals surface area contributed by atoms with Crippen LogP contribution in [0.3, 0.4) is 0 Å². The Morgan fingerprint density at radius 3 is 3.13 bits per heavy atom. The summed E-state index contributed by atoms with van der Waals surface area (Å²) in [7, 11) is 0. The fourth-order valence-electron chi connectivity index (χ4n) is 1.88. The lowest BCUT2D eigenvalue weighted by Crippen LogP contribution is -2.11. The van der Waals surface area contributed by atoms with Gasteiger partial charge in [-0.25, -0.2) is 0 Å². The van der Waals surface area contributed by atoms with Crippen molar-refractivity contribution in [1.82, 2.24) is 0 Å². The first-order valence-electron chi connectivity index (χ1n) is 5.46. The molecule has 2 N–H and O–H groups in total. The second kappa shape index (κ2) is 4.90. The molecule has 0 bridgehead atoms. The molecule has 0 aliphatic carbocycles. The minimum atomic E-state index is 0.239. The van der Waals surface area contributed by atoms with Crippen molar-refractivity contribution in [2.75, 3.05) is 24.2 Å². The van der Waals surface area contributed by atoms with E-state index in [2.05, 4.69) is 30.4 Å². The molecule has 2 rings (SSSR count). The quantitative estimate of drug-likeness (QED) is 0.826. The monoisotopic (exact) mass is 223 g/mol. The van der Waals surface area contributed by atoms with Crippen LogP contribution < -0.4 is 5.32 Å². The molecular formula is C12H17NOS. The summed E-state index contributed by atoms with van der Waals surface area (Å²) in [5, 5.41) is 12.7. The summed E-state index contributed by atoms with van der Waals surface area (Å²) >= 11 is 1.90. The number of rotatable bonds is 3. The number of anilines is 1. The number of benzene rings is 1. The van der Waals surface area contributed by atoms with E-state index >= 15 is 0 Å². The largest absolute Gasteiger partial charge is 0.396 e. The normalized spacial score (nSPS) is 16.7. The number of aliphatic hydroxyl groups is 1. The number of aliphatic hydroxyl groups excluding tert-OH is 1. The Morgan fingerprint density at radius 2 is 2.40 bits per heavy atom. The molecule has 0 amide bonds. The molecule has 0 saturated carbocycles. The van der Waals surface area contributed by atoms with E-state index < -0.39 is 0 Å². The van der Waals surface area contributed by atoms with Crippen LogP contribution in [0.1, 0.15) is 24.8 Å². The smallest absolute Gasteiger partial charge is 0.0499 e. The summed E-state index contributed by atoms with van der Waals surface area (Å²) in [6, 6.07) is 6.49. The zero-order chi connectivity index (χ0) is 10.7. The molecule has 82 valence electrons. The van der Waals surface area contributed by atoms with E-state index in [0.29, 0.717) is 0 Å². The van der Waals surface area contributed by atoms with Gasteiger partial charge in [-0.3, -0.25) is 0 Å². The predicted molar refractivity (Wildman–Crippen MR) is 65.8 cm³/mol. The molecule has 1 heterocycles. The van der Waals surface area contributed by atoms with Crippen LogP contribution in [0.5, 0.6) is 0 Å². The van der Waals surface area contributed by atoms with Gasteiger partial charge in [0.15, 0.2) is 0 Å². The second-order valence-corrected chi connectivity index (χ2v) is 4.96. The molecule has 0 spiro atoms. The minimum absolute atomic E-state index is 0.239. The maximum atomic E-state index is 9.26. The van der Waals surface area contributed by atoms with Gasteiger partial charge in [0.25, 0.3) is 0 Å². The average Bonchev–Trinajstić information content (AvgIpc) is 2.30. The molecule has 1 aliphatic heterocycles. The van der Waals surface area contributed by atoms with Gasteiger partial charge in [0.1, 0.15) is 0 Å². The van der Waals surface area contributed by atoms with Crippen LogP contribution in [0.4, 0.5) is 5.69 Å². The molecule has 3 heteroatoms. The van der Waals surface area contributed by atoms with Crippen LogP contribution >= 0.6 is 11.8 Å². The van der Waals surface area contributed by atoms with Gasteiger partial charge in [-0.1, -0.05) is 13.0 Å². The first-order chi connectivity index (χ1) is 7.35. The third-order valence-electron chi connectivity index (χ3n) is 2.86. The van der Waals surface area contributed by atoms with E-state index in [-0.39, 0.29) is 12.5 Å². The van der Waals surface area contributed by atoms with Crippen molar-refractivity contribution in [3.05, 3.63) is 23.8 Å². The van der Waals surface area contributed by atoms with Gasteiger partial charge in [0.05, 0.1) is 0 Å². The topological polar surface area (TPSA) is 32.3 Å². The van der Waals surface area contributed by atoms with Crippen molar-refractivity contribution in [2.24, 2.45) is 0 Å². The van der Waals surface area contributed by atoms with Gasteiger partial charge in [0.2, 0.25) is 0 Å². The highest BCUT2D eigenvalue weighted by molar-refractivity contribution is 7.99. The lowest BCUT2D eigenvalue weighted by molar-refractivity contribution is 0.262. The zero-order valence-electron chi connectivity index (χ0n) is 8.99. The third-order valence-corrected chi connectivity index (χ3v) is 3.94. The van der Waals surface area contributed by atoms with E-state index in [1.165, 1.54) is 16.1 Å². The highest BCUT2D eigenvalue weighted by Crippen LogP contribution is 2.33. The van der Waals surface area contributed by atoms with Crippen molar-refractivity contribution in [2.45, 2.75) is 24.2 Å². The number of thioether (sulfide) groups is 1. The van der Waals surface area contributed by atoms with E-state index in [1.807, 2.05) is 11.8 Å². The van der Waals surface area contributed by atoms with Gasteiger partial charge in [-0.15, -0.1) is 11.8 Å². The van der Waals surface area contributed by atoms with E-state index in [1.54, 1.807) is 0 Å². The first kappa shape index (κ1) is 10.8. The summed E-state index contributed by atoms with van der Waals surface area (Å²) in [6.07, 6.45) is 0.989. The Kier molecular flexibility index (Phi) is 3.54. The lowest BCUT2D eigenvalue weighted by atomic mass is 9.97. The molecule has 0 saturated heterocycles. The van der Waals surface area contributed by atoms with Crippen LogP contribution in [0.15, 0.2) is 23.1 Å². The molecule has 1 atom stereocenters. The maximum absolute atomic E-state index is 9.26. The molecule has 1 aromatic carbocycles. The van der Waals surface area contributed by atoms with Gasteiger partial charge >= 0.3 is 0 Å². The summed E-state index contributed by atoms with van der Waals surface area (Å²) in [4.78, 5) is 1.33. The van der Waals surface area contributed by atoms with Crippen LogP contribution in [0.25, 0.3) is 0 Å². The minimum Gasteiger partial charge on any atom is -0.396 e. The molecule has 0 fully saturated rings. The summed E-state index contributed by atoms with van der Waals surface area (Å²) < 4.78 is 0.